The lowest BCUT2D eigenvalue weighted by Crippen LogP contribution is -2.47. The molecule has 2 aromatic carbocycles. The molecule has 0 N–H and O–H groups in total. The summed E-state index contributed by atoms with van der Waals surface area (Å²) in [6, 6.07) is 18.2. The topological polar surface area (TPSA) is 59.3 Å². The van der Waals surface area contributed by atoms with Crippen LogP contribution in [0.1, 0.15) is 6.92 Å². The van der Waals surface area contributed by atoms with Crippen LogP contribution in [-0.4, -0.2) is 57.9 Å². The molecule has 27 heavy (non-hydrogen) atoms. The molecule has 140 valence electrons. The van der Waals surface area contributed by atoms with E-state index in [1.165, 1.54) is 5.69 Å². The van der Waals surface area contributed by atoms with Crippen molar-refractivity contribution in [2.75, 3.05) is 37.7 Å². The van der Waals surface area contributed by atoms with Gasteiger partial charge in [-0.3, -0.25) is 4.90 Å². The van der Waals surface area contributed by atoms with Gasteiger partial charge >= 0.3 is 0 Å². The normalized spacial score (nSPS) is 15.1. The molecule has 3 aromatic rings. The van der Waals surface area contributed by atoms with E-state index in [2.05, 4.69) is 37.3 Å². The Morgan fingerprint density at radius 3 is 2.44 bits per heavy atom. The predicted molar refractivity (Wildman–Crippen MR) is 105 cm³/mol. The van der Waals surface area contributed by atoms with Gasteiger partial charge in [-0.1, -0.05) is 42.5 Å². The summed E-state index contributed by atoms with van der Waals surface area (Å²) in [5.41, 5.74) is 2.16. The van der Waals surface area contributed by atoms with Gasteiger partial charge in [0.05, 0.1) is 12.3 Å². The molecule has 1 aliphatic rings. The summed E-state index contributed by atoms with van der Waals surface area (Å²) in [6.45, 7) is 7.14. The summed E-state index contributed by atoms with van der Waals surface area (Å²) in [6.07, 6.45) is 0. The first-order chi connectivity index (χ1) is 13.3. The highest BCUT2D eigenvalue weighted by Gasteiger charge is 2.20. The SMILES string of the molecule is CCOc1ccccc1N1CCN(Cn2nnc(-c3ccccc3)n2)CC1. The third kappa shape index (κ3) is 4.09. The maximum atomic E-state index is 5.77. The molecule has 0 bridgehead atoms. The first-order valence-electron chi connectivity index (χ1n) is 9.36. The molecule has 4 rings (SSSR count). The Bertz CT molecular complexity index is 858. The number of hydrogen-bond donors (Lipinski definition) is 0. The smallest absolute Gasteiger partial charge is 0.204 e. The highest BCUT2D eigenvalue weighted by molar-refractivity contribution is 5.58. The van der Waals surface area contributed by atoms with E-state index in [0.29, 0.717) is 19.1 Å². The van der Waals surface area contributed by atoms with Crippen molar-refractivity contribution in [1.29, 1.82) is 0 Å². The van der Waals surface area contributed by atoms with E-state index in [1.54, 1.807) is 4.80 Å². The molecule has 7 nitrogen and oxygen atoms in total. The average Bonchev–Trinajstić information content (AvgIpc) is 3.19. The molecule has 0 spiro atoms. The van der Waals surface area contributed by atoms with Gasteiger partial charge in [-0.2, -0.15) is 0 Å². The molecule has 0 aliphatic carbocycles. The van der Waals surface area contributed by atoms with Crippen LogP contribution in [0, 0.1) is 0 Å². The van der Waals surface area contributed by atoms with Crippen LogP contribution in [0.25, 0.3) is 11.4 Å². The molecule has 0 amide bonds. The van der Waals surface area contributed by atoms with Crippen molar-refractivity contribution in [1.82, 2.24) is 25.1 Å². The first-order valence-corrected chi connectivity index (χ1v) is 9.36. The Labute approximate surface area is 159 Å². The third-order valence-corrected chi connectivity index (χ3v) is 4.69. The zero-order valence-electron chi connectivity index (χ0n) is 15.5. The van der Waals surface area contributed by atoms with E-state index in [0.717, 1.165) is 37.5 Å². The lowest BCUT2D eigenvalue weighted by atomic mass is 10.2. The van der Waals surface area contributed by atoms with Crippen LogP contribution in [0.5, 0.6) is 5.75 Å². The van der Waals surface area contributed by atoms with E-state index in [-0.39, 0.29) is 0 Å². The molecular weight excluding hydrogens is 340 g/mol. The molecular formula is C20H24N6O. The third-order valence-electron chi connectivity index (χ3n) is 4.69. The Kier molecular flexibility index (Phi) is 5.29. The highest BCUT2D eigenvalue weighted by Crippen LogP contribution is 2.28. The lowest BCUT2D eigenvalue weighted by Gasteiger charge is -2.36. The summed E-state index contributed by atoms with van der Waals surface area (Å²) >= 11 is 0. The van der Waals surface area contributed by atoms with Crippen molar-refractivity contribution in [3.8, 4) is 17.1 Å². The van der Waals surface area contributed by atoms with Gasteiger partial charge in [0, 0.05) is 31.7 Å². The number of piperazine rings is 1. The van der Waals surface area contributed by atoms with Crippen molar-refractivity contribution in [2.24, 2.45) is 0 Å². The molecule has 0 unspecified atom stereocenters. The minimum atomic E-state index is 0.654. The molecule has 0 saturated carbocycles. The quantitative estimate of drug-likeness (QED) is 0.670. The zero-order chi connectivity index (χ0) is 18.5. The van der Waals surface area contributed by atoms with Crippen molar-refractivity contribution in [2.45, 2.75) is 13.6 Å². The predicted octanol–water partition coefficient (Wildman–Crippen LogP) is 2.52. The summed E-state index contributed by atoms with van der Waals surface area (Å²) < 4.78 is 5.77. The number of tetrazole rings is 1. The second-order valence-corrected chi connectivity index (χ2v) is 6.50. The van der Waals surface area contributed by atoms with E-state index in [4.69, 9.17) is 4.74 Å². The van der Waals surface area contributed by atoms with Crippen LogP contribution in [-0.2, 0) is 6.67 Å². The fourth-order valence-electron chi connectivity index (χ4n) is 3.31. The summed E-state index contributed by atoms with van der Waals surface area (Å²) in [5, 5.41) is 12.9. The minimum absolute atomic E-state index is 0.654. The first kappa shape index (κ1) is 17.5. The number of ether oxygens (including phenoxy) is 1. The van der Waals surface area contributed by atoms with Gasteiger partial charge in [0.15, 0.2) is 0 Å². The Hall–Kier alpha value is -2.93. The number of anilines is 1. The molecule has 1 aliphatic heterocycles. The number of hydrogen-bond acceptors (Lipinski definition) is 6. The van der Waals surface area contributed by atoms with Gasteiger partial charge < -0.3 is 9.64 Å². The number of benzene rings is 2. The van der Waals surface area contributed by atoms with Crippen molar-refractivity contribution >= 4 is 5.69 Å². The summed E-state index contributed by atoms with van der Waals surface area (Å²) in [5.74, 6) is 1.62. The standard InChI is InChI=1S/C20H24N6O/c1-2-27-19-11-7-6-10-18(19)25-14-12-24(13-15-25)16-26-22-20(21-23-26)17-8-4-3-5-9-17/h3-11H,2,12-16H2,1H3. The summed E-state index contributed by atoms with van der Waals surface area (Å²) in [7, 11) is 0. The van der Waals surface area contributed by atoms with Crippen LogP contribution in [0.15, 0.2) is 54.6 Å². The Morgan fingerprint density at radius 1 is 0.926 bits per heavy atom. The number of aromatic nitrogens is 4. The maximum absolute atomic E-state index is 5.77. The fourth-order valence-corrected chi connectivity index (χ4v) is 3.31. The van der Waals surface area contributed by atoms with E-state index < -0.39 is 0 Å². The average molecular weight is 364 g/mol. The molecule has 0 atom stereocenters. The Morgan fingerprint density at radius 2 is 1.67 bits per heavy atom. The van der Waals surface area contributed by atoms with Gasteiger partial charge in [-0.25, -0.2) is 0 Å². The molecule has 1 saturated heterocycles. The molecule has 7 heteroatoms. The minimum Gasteiger partial charge on any atom is -0.492 e. The van der Waals surface area contributed by atoms with Crippen molar-refractivity contribution in [3.63, 3.8) is 0 Å². The number of rotatable bonds is 6. The van der Waals surface area contributed by atoms with E-state index >= 15 is 0 Å². The van der Waals surface area contributed by atoms with E-state index in [1.807, 2.05) is 49.4 Å². The second kappa shape index (κ2) is 8.18. The van der Waals surface area contributed by atoms with Crippen molar-refractivity contribution < 1.29 is 4.74 Å². The van der Waals surface area contributed by atoms with Gasteiger partial charge in [0.25, 0.3) is 0 Å². The van der Waals surface area contributed by atoms with Crippen LogP contribution < -0.4 is 9.64 Å². The van der Waals surface area contributed by atoms with Crippen LogP contribution in [0.3, 0.4) is 0 Å². The highest BCUT2D eigenvalue weighted by atomic mass is 16.5. The van der Waals surface area contributed by atoms with Gasteiger partial charge in [-0.15, -0.1) is 15.0 Å². The summed E-state index contributed by atoms with van der Waals surface area (Å²) in [4.78, 5) is 6.40. The molecule has 0 radical (unpaired) electrons. The van der Waals surface area contributed by atoms with Crippen molar-refractivity contribution in [3.05, 3.63) is 54.6 Å². The monoisotopic (exact) mass is 364 g/mol. The van der Waals surface area contributed by atoms with Crippen LogP contribution in [0.4, 0.5) is 5.69 Å². The second-order valence-electron chi connectivity index (χ2n) is 6.50. The fraction of sp³-hybridized carbons (Fsp3) is 0.350. The van der Waals surface area contributed by atoms with Crippen LogP contribution >= 0.6 is 0 Å². The molecule has 1 fully saturated rings. The zero-order valence-corrected chi connectivity index (χ0v) is 15.5. The lowest BCUT2D eigenvalue weighted by molar-refractivity contribution is 0.181. The largest absolute Gasteiger partial charge is 0.492 e. The maximum Gasteiger partial charge on any atom is 0.204 e. The molecule has 2 heterocycles. The van der Waals surface area contributed by atoms with Crippen LogP contribution in [0.2, 0.25) is 0 Å². The Balaban J connectivity index is 1.36. The number of para-hydroxylation sites is 2. The van der Waals surface area contributed by atoms with E-state index in [9.17, 15) is 0 Å². The van der Waals surface area contributed by atoms with Gasteiger partial charge in [0.1, 0.15) is 12.4 Å². The molecule has 1 aromatic heterocycles. The van der Waals surface area contributed by atoms with Gasteiger partial charge in [-0.05, 0) is 24.3 Å². The van der Waals surface area contributed by atoms with Gasteiger partial charge in [0.2, 0.25) is 5.82 Å². The number of nitrogens with zero attached hydrogens (tertiary/aromatic N) is 6.